The molecule has 5 aromatic rings. The summed E-state index contributed by atoms with van der Waals surface area (Å²) in [5, 5.41) is 12.4. The SMILES string of the molecule is CCc1nn(C)c(C(=O)NCc2ccc(Oc3ccc(C)cc3)cc2)c1Cl.Cc1cc(C(F)(C(F)(F)F)C(F)(F)F)ccc1NC(=O)c1cccc(I)c1C(=O)NC(C)(C)CS(C)(=O)=O. The lowest BCUT2D eigenvalue weighted by atomic mass is 9.92. The van der Waals surface area contributed by atoms with Crippen molar-refractivity contribution < 1.29 is 58.3 Å². The lowest BCUT2D eigenvalue weighted by Crippen LogP contribution is -2.50. The van der Waals surface area contributed by atoms with Gasteiger partial charge in [0.05, 0.1) is 27.6 Å². The summed E-state index contributed by atoms with van der Waals surface area (Å²) in [7, 11) is -1.77. The molecule has 0 atom stereocenters. The van der Waals surface area contributed by atoms with Crippen molar-refractivity contribution in [3.8, 4) is 11.5 Å². The van der Waals surface area contributed by atoms with Crippen LogP contribution < -0.4 is 20.7 Å². The van der Waals surface area contributed by atoms with E-state index in [0.717, 1.165) is 35.9 Å². The number of anilines is 1. The third-order valence-electron chi connectivity index (χ3n) is 9.45. The van der Waals surface area contributed by atoms with E-state index >= 15 is 0 Å². The number of aromatic nitrogens is 2. The zero-order valence-electron chi connectivity index (χ0n) is 35.9. The Morgan fingerprint density at radius 1 is 0.831 bits per heavy atom. The maximum Gasteiger partial charge on any atom is 0.435 e. The molecular weight excluding hydrogens is 1020 g/mol. The average molecular weight is 1070 g/mol. The first-order valence-corrected chi connectivity index (χ1v) is 22.9. The number of carbonyl (C=O) groups excluding carboxylic acids is 3. The smallest absolute Gasteiger partial charge is 0.435 e. The number of alkyl halides is 7. The standard InChI is InChI=1S/C23H22F7IN2O4S.C21H22ClN3O2/c1-12-10-13(21(24,22(25,26)27)23(28,29)30)8-9-16(12)32-18(34)14-6-5-7-15(31)17(14)19(35)33-20(2,3)11-38(4,36)37;1-4-18-19(22)20(25(3)24-18)21(26)23-13-15-7-11-17(12-8-15)27-16-9-5-14(2)6-10-16/h5-10H,11H2,1-4H3,(H,32,34)(H,33,35);5-12H,4,13H2,1-3H3,(H,23,26). The van der Waals surface area contributed by atoms with Gasteiger partial charge in [-0.1, -0.05) is 66.6 Å². The number of nitrogens with one attached hydrogen (secondary N) is 3. The summed E-state index contributed by atoms with van der Waals surface area (Å²) in [6.45, 7) is 8.37. The molecule has 0 saturated carbocycles. The second-order valence-corrected chi connectivity index (χ2v) is 19.2. The van der Waals surface area contributed by atoms with Crippen LogP contribution in [0, 0.1) is 17.4 Å². The van der Waals surface area contributed by atoms with Crippen molar-refractivity contribution in [1.29, 1.82) is 0 Å². The quantitative estimate of drug-likeness (QED) is 0.0785. The summed E-state index contributed by atoms with van der Waals surface area (Å²) >= 11 is 8.02. The lowest BCUT2D eigenvalue weighted by molar-refractivity contribution is -0.348. The van der Waals surface area contributed by atoms with E-state index in [1.165, 1.54) is 42.3 Å². The van der Waals surface area contributed by atoms with Crippen LogP contribution in [0.25, 0.3) is 0 Å². The Kier molecular flexibility index (Phi) is 16.5. The minimum Gasteiger partial charge on any atom is -0.457 e. The Labute approximate surface area is 389 Å². The van der Waals surface area contributed by atoms with Crippen molar-refractivity contribution in [2.75, 3.05) is 17.3 Å². The van der Waals surface area contributed by atoms with Crippen LogP contribution in [0.4, 0.5) is 36.4 Å². The highest BCUT2D eigenvalue weighted by Crippen LogP contribution is 2.53. The Bertz CT molecular complexity index is 2640. The third kappa shape index (κ3) is 13.2. The third-order valence-corrected chi connectivity index (χ3v) is 12.0. The number of aryl methyl sites for hydroxylation is 4. The first-order chi connectivity index (χ1) is 30.0. The molecule has 0 spiro atoms. The molecule has 1 heterocycles. The molecule has 11 nitrogen and oxygen atoms in total. The summed E-state index contributed by atoms with van der Waals surface area (Å²) in [6, 6.07) is 20.9. The van der Waals surface area contributed by atoms with Crippen molar-refractivity contribution in [2.24, 2.45) is 7.05 Å². The second kappa shape index (κ2) is 20.5. The molecule has 0 aliphatic heterocycles. The van der Waals surface area contributed by atoms with E-state index in [4.69, 9.17) is 16.3 Å². The molecule has 0 saturated heterocycles. The molecule has 5 rings (SSSR count). The van der Waals surface area contributed by atoms with Gasteiger partial charge in [-0.15, -0.1) is 0 Å². The predicted molar refractivity (Wildman–Crippen MR) is 241 cm³/mol. The molecule has 0 unspecified atom stereocenters. The summed E-state index contributed by atoms with van der Waals surface area (Å²) in [5.74, 6) is -0.846. The first-order valence-electron chi connectivity index (χ1n) is 19.3. The molecule has 0 aliphatic rings. The molecule has 350 valence electrons. The number of hydrogen-bond acceptors (Lipinski definition) is 7. The van der Waals surface area contributed by atoms with E-state index in [1.807, 2.05) is 62.4 Å². The van der Waals surface area contributed by atoms with Gasteiger partial charge < -0.3 is 20.7 Å². The van der Waals surface area contributed by atoms with Gasteiger partial charge in [-0.25, -0.2) is 12.8 Å². The molecule has 0 radical (unpaired) electrons. The van der Waals surface area contributed by atoms with Crippen molar-refractivity contribution >= 4 is 67.4 Å². The normalized spacial score (nSPS) is 12.2. The van der Waals surface area contributed by atoms with E-state index in [2.05, 4.69) is 21.0 Å². The summed E-state index contributed by atoms with van der Waals surface area (Å²) in [5.41, 5.74) is -6.19. The number of ether oxygens (including phenoxy) is 1. The molecule has 4 aromatic carbocycles. The minimum absolute atomic E-state index is 0.140. The summed E-state index contributed by atoms with van der Waals surface area (Å²) in [6.07, 6.45) is -10.9. The van der Waals surface area contributed by atoms with Gasteiger partial charge in [0.1, 0.15) is 27.0 Å². The number of halogens is 9. The molecule has 65 heavy (non-hydrogen) atoms. The van der Waals surface area contributed by atoms with Crippen LogP contribution in [0.5, 0.6) is 11.5 Å². The average Bonchev–Trinajstić information content (AvgIpc) is 3.48. The van der Waals surface area contributed by atoms with Crippen LogP contribution in [0.1, 0.15) is 79.9 Å². The topological polar surface area (TPSA) is 148 Å². The number of rotatable bonds is 13. The van der Waals surface area contributed by atoms with Crippen LogP contribution in [-0.2, 0) is 35.5 Å². The monoisotopic (exact) mass is 1070 g/mol. The molecule has 3 N–H and O–H groups in total. The van der Waals surface area contributed by atoms with Gasteiger partial charge in [-0.2, -0.15) is 31.4 Å². The molecule has 21 heteroatoms. The molecule has 1 aromatic heterocycles. The largest absolute Gasteiger partial charge is 0.457 e. The van der Waals surface area contributed by atoms with E-state index in [9.17, 15) is 53.5 Å². The maximum atomic E-state index is 14.4. The van der Waals surface area contributed by atoms with Crippen molar-refractivity contribution in [2.45, 2.75) is 71.1 Å². The molecule has 0 bridgehead atoms. The molecule has 3 amide bonds. The van der Waals surface area contributed by atoms with Crippen LogP contribution >= 0.6 is 34.2 Å². The van der Waals surface area contributed by atoms with Crippen LogP contribution in [0.15, 0.2) is 84.9 Å². The van der Waals surface area contributed by atoms with Crippen LogP contribution in [0.2, 0.25) is 5.02 Å². The van der Waals surface area contributed by atoms with E-state index < -0.39 is 56.5 Å². The van der Waals surface area contributed by atoms with Gasteiger partial charge in [-0.3, -0.25) is 19.1 Å². The predicted octanol–water partition coefficient (Wildman–Crippen LogP) is 10.4. The Morgan fingerprint density at radius 3 is 1.91 bits per heavy atom. The zero-order valence-corrected chi connectivity index (χ0v) is 39.6. The van der Waals surface area contributed by atoms with Gasteiger partial charge in [0.25, 0.3) is 17.7 Å². The highest BCUT2D eigenvalue weighted by molar-refractivity contribution is 14.1. The fourth-order valence-corrected chi connectivity index (χ4v) is 8.92. The van der Waals surface area contributed by atoms with E-state index in [-0.39, 0.29) is 34.4 Å². The molecule has 0 fully saturated rings. The zero-order chi connectivity index (χ0) is 48.9. The van der Waals surface area contributed by atoms with Crippen molar-refractivity contribution in [3.05, 3.63) is 138 Å². The Morgan fingerprint density at radius 2 is 1.40 bits per heavy atom. The van der Waals surface area contributed by atoms with Gasteiger partial charge in [-0.05, 0) is 110 Å². The maximum absolute atomic E-state index is 14.4. The van der Waals surface area contributed by atoms with Crippen molar-refractivity contribution in [1.82, 2.24) is 20.4 Å². The fourth-order valence-electron chi connectivity index (χ4n) is 6.41. The minimum atomic E-state index is -6.30. The van der Waals surface area contributed by atoms with Crippen LogP contribution in [0.3, 0.4) is 0 Å². The number of hydrogen-bond donors (Lipinski definition) is 3. The summed E-state index contributed by atoms with van der Waals surface area (Å²) in [4.78, 5) is 38.5. The first kappa shape index (κ1) is 52.4. The number of amides is 3. The Hall–Kier alpha value is -5.22. The number of benzene rings is 4. The van der Waals surface area contributed by atoms with Crippen LogP contribution in [-0.4, -0.2) is 65.8 Å². The highest BCUT2D eigenvalue weighted by atomic mass is 127. The highest BCUT2D eigenvalue weighted by Gasteiger charge is 2.73. The fraction of sp³-hybridized carbons (Fsp3) is 0.318. The molecular formula is C44H44ClF7IN5O6S. The van der Waals surface area contributed by atoms with E-state index in [1.54, 1.807) is 29.6 Å². The van der Waals surface area contributed by atoms with E-state index in [0.29, 0.717) is 39.4 Å². The number of sulfone groups is 1. The summed E-state index contributed by atoms with van der Waals surface area (Å²) < 4.78 is 124. The molecule has 0 aliphatic carbocycles. The van der Waals surface area contributed by atoms with Gasteiger partial charge in [0.2, 0.25) is 0 Å². The van der Waals surface area contributed by atoms with Crippen molar-refractivity contribution in [3.63, 3.8) is 0 Å². The number of nitrogens with zero attached hydrogens (tertiary/aromatic N) is 2. The van der Waals surface area contributed by atoms with Gasteiger partial charge >= 0.3 is 18.0 Å². The number of carbonyl (C=O) groups is 3. The van der Waals surface area contributed by atoms with Gasteiger partial charge in [0, 0.05) is 40.2 Å². The second-order valence-electron chi connectivity index (χ2n) is 15.5. The Balaban J connectivity index is 0.000000300. The van der Waals surface area contributed by atoms with Gasteiger partial charge in [0.15, 0.2) is 0 Å². The lowest BCUT2D eigenvalue weighted by Gasteiger charge is -2.30.